The lowest BCUT2D eigenvalue weighted by molar-refractivity contribution is 0.0933. The van der Waals surface area contributed by atoms with E-state index in [1.165, 1.54) is 0 Å². The lowest BCUT2D eigenvalue weighted by Crippen LogP contribution is -2.29. The third kappa shape index (κ3) is 5.08. The number of rotatable bonds is 9. The van der Waals surface area contributed by atoms with Gasteiger partial charge in [-0.05, 0) is 61.7 Å². The molecule has 0 atom stereocenters. The molecule has 33 heavy (non-hydrogen) atoms. The van der Waals surface area contributed by atoms with Crippen LogP contribution in [0.5, 0.6) is 11.5 Å². The van der Waals surface area contributed by atoms with Crippen molar-refractivity contribution < 1.29 is 18.7 Å². The molecule has 9 heteroatoms. The van der Waals surface area contributed by atoms with Crippen LogP contribution in [0.15, 0.2) is 34.9 Å². The molecule has 0 unspecified atom stereocenters. The van der Waals surface area contributed by atoms with Crippen molar-refractivity contribution in [3.63, 3.8) is 0 Å². The molecule has 174 valence electrons. The Hall–Kier alpha value is -4.01. The lowest BCUT2D eigenvalue weighted by Gasteiger charge is -2.15. The van der Waals surface area contributed by atoms with Gasteiger partial charge in [-0.1, -0.05) is 0 Å². The number of nitrogens with one attached hydrogen (secondary N) is 4. The number of carbonyl (C=O) groups is 1. The summed E-state index contributed by atoms with van der Waals surface area (Å²) in [6, 6.07) is 7.22. The third-order valence-electron chi connectivity index (χ3n) is 5.35. The second kappa shape index (κ2) is 10.1. The summed E-state index contributed by atoms with van der Waals surface area (Å²) in [7, 11) is 4.94. The van der Waals surface area contributed by atoms with Crippen molar-refractivity contribution in [2.24, 2.45) is 0 Å². The van der Waals surface area contributed by atoms with E-state index >= 15 is 0 Å². The smallest absolute Gasteiger partial charge is 0.305 e. The molecule has 4 N–H and O–H groups in total. The van der Waals surface area contributed by atoms with E-state index in [-0.39, 0.29) is 5.76 Å². The van der Waals surface area contributed by atoms with Crippen LogP contribution < -0.4 is 25.6 Å². The topological polar surface area (TPSA) is 122 Å². The summed E-state index contributed by atoms with van der Waals surface area (Å²) in [5.74, 6) is 2.32. The van der Waals surface area contributed by atoms with Gasteiger partial charge in [-0.3, -0.25) is 15.6 Å². The van der Waals surface area contributed by atoms with Crippen molar-refractivity contribution >= 4 is 23.1 Å². The van der Waals surface area contributed by atoms with Crippen LogP contribution in [0, 0.1) is 19.3 Å². The Kier molecular flexibility index (Phi) is 7.22. The lowest BCUT2D eigenvalue weighted by atomic mass is 10.0. The monoisotopic (exact) mass is 451 g/mol. The van der Waals surface area contributed by atoms with Crippen LogP contribution in [0.4, 0.5) is 11.5 Å². The Morgan fingerprint density at radius 1 is 1.15 bits per heavy atom. The summed E-state index contributed by atoms with van der Waals surface area (Å²) in [5.41, 5.74) is 9.99. The number of aryl methyl sites for hydroxylation is 1. The van der Waals surface area contributed by atoms with Crippen LogP contribution in [0.2, 0.25) is 0 Å². The number of hydrogen-bond donors (Lipinski definition) is 4. The third-order valence-corrected chi connectivity index (χ3v) is 5.35. The summed E-state index contributed by atoms with van der Waals surface area (Å²) in [5, 5.41) is 11.0. The molecule has 0 spiro atoms. The summed E-state index contributed by atoms with van der Waals surface area (Å²) in [6.45, 7) is 5.54. The standard InChI is InChI=1S/C24H29N5O4/c1-13-9-20(31-5)21(32-6)11-16(13)10-17-7-8-19(33-17)24(30)29-28-18-12-27-23(26-4)22(14(18)2)15(3)25/h7-9,11-12,25,28H,10H2,1-6H3,(H,26,27)(H,29,30). The number of amides is 1. The zero-order valence-electron chi connectivity index (χ0n) is 19.7. The van der Waals surface area contributed by atoms with Gasteiger partial charge in [-0.15, -0.1) is 0 Å². The zero-order valence-corrected chi connectivity index (χ0v) is 19.7. The average Bonchev–Trinajstić information content (AvgIpc) is 3.27. The number of pyridine rings is 1. The van der Waals surface area contributed by atoms with E-state index in [0.29, 0.717) is 46.5 Å². The number of nitrogens with zero attached hydrogens (tertiary/aromatic N) is 1. The molecular formula is C24H29N5O4. The van der Waals surface area contributed by atoms with Gasteiger partial charge < -0.3 is 24.6 Å². The van der Waals surface area contributed by atoms with Crippen LogP contribution in [-0.2, 0) is 6.42 Å². The van der Waals surface area contributed by atoms with Crippen molar-refractivity contribution in [1.82, 2.24) is 10.4 Å². The predicted octanol–water partition coefficient (Wildman–Crippen LogP) is 4.09. The van der Waals surface area contributed by atoms with E-state index in [1.807, 2.05) is 26.0 Å². The number of methoxy groups -OCH3 is 2. The Bertz CT molecular complexity index is 1190. The Balaban J connectivity index is 1.71. The maximum Gasteiger partial charge on any atom is 0.305 e. The minimum atomic E-state index is -0.421. The largest absolute Gasteiger partial charge is 0.493 e. The number of carbonyl (C=O) groups excluding carboxylic acids is 1. The number of anilines is 2. The molecule has 9 nitrogen and oxygen atoms in total. The molecule has 2 aromatic heterocycles. The van der Waals surface area contributed by atoms with Gasteiger partial charge in [0, 0.05) is 24.7 Å². The minimum absolute atomic E-state index is 0.177. The van der Waals surface area contributed by atoms with E-state index in [4.69, 9.17) is 19.3 Å². The first-order valence-electron chi connectivity index (χ1n) is 10.4. The van der Waals surface area contributed by atoms with Crippen LogP contribution in [0.3, 0.4) is 0 Å². The number of benzene rings is 1. The van der Waals surface area contributed by atoms with Crippen molar-refractivity contribution in [3.05, 3.63) is 64.2 Å². The van der Waals surface area contributed by atoms with E-state index < -0.39 is 5.91 Å². The molecule has 3 rings (SSSR count). The maximum atomic E-state index is 12.6. The quantitative estimate of drug-likeness (QED) is 0.286. The molecule has 0 saturated carbocycles. The highest BCUT2D eigenvalue weighted by molar-refractivity contribution is 6.03. The van der Waals surface area contributed by atoms with Gasteiger partial charge in [-0.25, -0.2) is 4.98 Å². The van der Waals surface area contributed by atoms with Crippen LogP contribution in [-0.4, -0.2) is 37.9 Å². The van der Waals surface area contributed by atoms with Gasteiger partial charge >= 0.3 is 5.91 Å². The first kappa shape index (κ1) is 23.6. The molecule has 0 aliphatic rings. The van der Waals surface area contributed by atoms with Crippen molar-refractivity contribution in [3.8, 4) is 11.5 Å². The van der Waals surface area contributed by atoms with Gasteiger partial charge in [-0.2, -0.15) is 0 Å². The minimum Gasteiger partial charge on any atom is -0.493 e. The van der Waals surface area contributed by atoms with Gasteiger partial charge in [0.1, 0.15) is 11.6 Å². The Morgan fingerprint density at radius 2 is 1.85 bits per heavy atom. The average molecular weight is 452 g/mol. The summed E-state index contributed by atoms with van der Waals surface area (Å²) >= 11 is 0. The number of furan rings is 1. The van der Waals surface area contributed by atoms with Gasteiger partial charge in [0.25, 0.3) is 0 Å². The molecule has 1 amide bonds. The second-order valence-electron chi connectivity index (χ2n) is 7.55. The second-order valence-corrected chi connectivity index (χ2v) is 7.55. The maximum absolute atomic E-state index is 12.6. The first-order valence-corrected chi connectivity index (χ1v) is 10.4. The van der Waals surface area contributed by atoms with Gasteiger partial charge in [0.05, 0.1) is 26.1 Å². The molecule has 3 aromatic rings. The normalized spacial score (nSPS) is 10.5. The van der Waals surface area contributed by atoms with E-state index in [1.54, 1.807) is 46.5 Å². The zero-order chi connectivity index (χ0) is 24.1. The van der Waals surface area contributed by atoms with Crippen LogP contribution in [0.25, 0.3) is 0 Å². The molecule has 0 saturated heterocycles. The SMILES string of the molecule is CNc1ncc(NNC(=O)c2ccc(Cc3cc(OC)c(OC)cc3C)o2)c(C)c1C(C)=N. The molecular weight excluding hydrogens is 422 g/mol. The first-order chi connectivity index (χ1) is 15.8. The number of ether oxygens (including phenoxy) is 2. The molecule has 0 fully saturated rings. The number of hydrogen-bond acceptors (Lipinski definition) is 8. The molecule has 0 bridgehead atoms. The van der Waals surface area contributed by atoms with Crippen molar-refractivity contribution in [2.75, 3.05) is 32.0 Å². The van der Waals surface area contributed by atoms with Crippen LogP contribution in [0.1, 0.15) is 45.5 Å². The van der Waals surface area contributed by atoms with Gasteiger partial charge in [0.2, 0.25) is 0 Å². The molecule has 2 heterocycles. The molecule has 1 aromatic carbocycles. The van der Waals surface area contributed by atoms with Crippen molar-refractivity contribution in [2.45, 2.75) is 27.2 Å². The molecule has 0 radical (unpaired) electrons. The van der Waals surface area contributed by atoms with E-state index in [9.17, 15) is 4.79 Å². The Morgan fingerprint density at radius 3 is 2.48 bits per heavy atom. The highest BCUT2D eigenvalue weighted by Gasteiger charge is 2.16. The van der Waals surface area contributed by atoms with Gasteiger partial charge in [0.15, 0.2) is 17.3 Å². The molecule has 0 aliphatic carbocycles. The highest BCUT2D eigenvalue weighted by atomic mass is 16.5. The summed E-state index contributed by atoms with van der Waals surface area (Å²) in [4.78, 5) is 16.9. The summed E-state index contributed by atoms with van der Waals surface area (Å²) in [6.07, 6.45) is 2.10. The number of aromatic nitrogens is 1. The number of hydrazine groups is 1. The fraction of sp³-hybridized carbons (Fsp3) is 0.292. The Labute approximate surface area is 193 Å². The molecule has 0 aliphatic heterocycles. The predicted molar refractivity (Wildman–Crippen MR) is 128 cm³/mol. The van der Waals surface area contributed by atoms with E-state index in [2.05, 4.69) is 21.2 Å². The fourth-order valence-corrected chi connectivity index (χ4v) is 3.56. The fourth-order valence-electron chi connectivity index (χ4n) is 3.56. The van der Waals surface area contributed by atoms with E-state index in [0.717, 1.165) is 16.7 Å². The highest BCUT2D eigenvalue weighted by Crippen LogP contribution is 2.31. The van der Waals surface area contributed by atoms with Crippen LogP contribution >= 0.6 is 0 Å². The summed E-state index contributed by atoms with van der Waals surface area (Å²) < 4.78 is 16.5. The van der Waals surface area contributed by atoms with Crippen molar-refractivity contribution in [1.29, 1.82) is 5.41 Å².